The first-order chi connectivity index (χ1) is 7.65. The molecule has 0 spiro atoms. The van der Waals surface area contributed by atoms with E-state index in [1.807, 2.05) is 0 Å². The van der Waals surface area contributed by atoms with E-state index in [2.05, 4.69) is 38.7 Å². The van der Waals surface area contributed by atoms with Gasteiger partial charge in [-0.15, -0.1) is 0 Å². The molecule has 0 aromatic carbocycles. The predicted molar refractivity (Wildman–Crippen MR) is 60.4 cm³/mol. The zero-order valence-electron chi connectivity index (χ0n) is 9.39. The average Bonchev–Trinajstić information content (AvgIpc) is 2.83. The smallest absolute Gasteiger partial charge is 0.246 e. The Hall–Kier alpha value is -1.50. The lowest BCUT2D eigenvalue weighted by Gasteiger charge is -1.96. The minimum absolute atomic E-state index is 0.345. The van der Waals surface area contributed by atoms with Crippen LogP contribution in [0.5, 0.6) is 0 Å². The van der Waals surface area contributed by atoms with Crippen LogP contribution in [-0.4, -0.2) is 19.5 Å². The largest absolute Gasteiger partial charge is 0.351 e. The van der Waals surface area contributed by atoms with Gasteiger partial charge in [0.2, 0.25) is 11.0 Å². The van der Waals surface area contributed by atoms with Crippen LogP contribution >= 0.6 is 11.5 Å². The Morgan fingerprint density at radius 3 is 2.75 bits per heavy atom. The highest BCUT2D eigenvalue weighted by molar-refractivity contribution is 7.09. The maximum atomic E-state index is 4.97. The number of aromatic nitrogens is 4. The summed E-state index contributed by atoms with van der Waals surface area (Å²) in [6.45, 7) is 6.39. The van der Waals surface area contributed by atoms with Crippen molar-refractivity contribution in [2.24, 2.45) is 0 Å². The maximum absolute atomic E-state index is 4.97. The summed E-state index contributed by atoms with van der Waals surface area (Å²) in [7, 11) is 0. The van der Waals surface area contributed by atoms with Gasteiger partial charge in [-0.05, 0) is 6.92 Å². The average molecular weight is 239 g/mol. The summed E-state index contributed by atoms with van der Waals surface area (Å²) in [6.07, 6.45) is 0. The minimum Gasteiger partial charge on any atom is -0.351 e. The van der Waals surface area contributed by atoms with E-state index < -0.39 is 0 Å². The molecular weight excluding hydrogens is 226 g/mol. The van der Waals surface area contributed by atoms with Crippen molar-refractivity contribution in [2.45, 2.75) is 33.2 Å². The molecule has 0 unspecified atom stereocenters. The molecule has 0 fully saturated rings. The van der Waals surface area contributed by atoms with E-state index in [-0.39, 0.29) is 0 Å². The third-order valence-electron chi connectivity index (χ3n) is 1.92. The number of nitrogens with one attached hydrogen (secondary N) is 1. The summed E-state index contributed by atoms with van der Waals surface area (Å²) in [5, 5.41) is 7.58. The topological polar surface area (TPSA) is 76.7 Å². The van der Waals surface area contributed by atoms with Crippen LogP contribution in [-0.2, 0) is 6.54 Å². The van der Waals surface area contributed by atoms with Crippen molar-refractivity contribution in [3.63, 3.8) is 0 Å². The Balaban J connectivity index is 1.94. The highest BCUT2D eigenvalue weighted by Gasteiger charge is 2.08. The number of hydrogen-bond donors (Lipinski definition) is 1. The summed E-state index contributed by atoms with van der Waals surface area (Å²) >= 11 is 1.34. The second-order valence-corrected chi connectivity index (χ2v) is 4.45. The molecule has 0 aliphatic heterocycles. The van der Waals surface area contributed by atoms with Crippen molar-refractivity contribution in [3.8, 4) is 0 Å². The van der Waals surface area contributed by atoms with Crippen molar-refractivity contribution in [3.05, 3.63) is 17.5 Å². The molecule has 0 bridgehead atoms. The van der Waals surface area contributed by atoms with Crippen LogP contribution in [0.4, 0.5) is 5.13 Å². The van der Waals surface area contributed by atoms with Crippen LogP contribution in [0.1, 0.15) is 37.3 Å². The van der Waals surface area contributed by atoms with Crippen LogP contribution in [0, 0.1) is 6.92 Å². The van der Waals surface area contributed by atoms with E-state index in [0.717, 1.165) is 11.0 Å². The second kappa shape index (κ2) is 4.56. The van der Waals surface area contributed by atoms with Gasteiger partial charge in [0.1, 0.15) is 5.82 Å². The Morgan fingerprint density at radius 1 is 1.38 bits per heavy atom. The van der Waals surface area contributed by atoms with Gasteiger partial charge in [0.05, 0.1) is 6.54 Å². The van der Waals surface area contributed by atoms with Crippen molar-refractivity contribution in [1.82, 2.24) is 19.5 Å². The van der Waals surface area contributed by atoms with Crippen molar-refractivity contribution in [2.75, 3.05) is 5.32 Å². The number of aryl methyl sites for hydroxylation is 1. The molecular formula is C9H13N5OS. The third-order valence-corrected chi connectivity index (χ3v) is 2.61. The fraction of sp³-hybridized carbons (Fsp3) is 0.556. The lowest BCUT2D eigenvalue weighted by molar-refractivity contribution is 0.379. The summed E-state index contributed by atoms with van der Waals surface area (Å²) in [4.78, 5) is 8.42. The number of nitrogens with zero attached hydrogens (tertiary/aromatic N) is 4. The standard InChI is InChI=1S/C9H13N5OS/c1-5(2)8-12-9(16-14-8)10-4-7-11-6(3)13-15-7/h5H,4H2,1-3H3,(H,10,12,14). The summed E-state index contributed by atoms with van der Waals surface area (Å²) in [6, 6.07) is 0. The molecule has 2 heterocycles. The van der Waals surface area contributed by atoms with Gasteiger partial charge in [-0.3, -0.25) is 0 Å². The third kappa shape index (κ3) is 2.54. The quantitative estimate of drug-likeness (QED) is 0.879. The molecule has 1 N–H and O–H groups in total. The summed E-state index contributed by atoms with van der Waals surface area (Å²) < 4.78 is 9.21. The number of anilines is 1. The van der Waals surface area contributed by atoms with Crippen molar-refractivity contribution < 1.29 is 4.52 Å². The Morgan fingerprint density at radius 2 is 2.19 bits per heavy atom. The zero-order chi connectivity index (χ0) is 11.5. The van der Waals surface area contributed by atoms with Gasteiger partial charge in [0, 0.05) is 17.5 Å². The molecule has 0 atom stereocenters. The molecule has 86 valence electrons. The molecule has 2 aromatic rings. The highest BCUT2D eigenvalue weighted by atomic mass is 32.1. The zero-order valence-corrected chi connectivity index (χ0v) is 10.2. The van der Waals surface area contributed by atoms with E-state index in [0.29, 0.717) is 24.2 Å². The minimum atomic E-state index is 0.345. The Bertz CT molecular complexity index is 464. The molecule has 16 heavy (non-hydrogen) atoms. The van der Waals surface area contributed by atoms with E-state index in [1.165, 1.54) is 11.5 Å². The van der Waals surface area contributed by atoms with Gasteiger partial charge in [0.25, 0.3) is 0 Å². The van der Waals surface area contributed by atoms with Crippen LogP contribution < -0.4 is 5.32 Å². The van der Waals surface area contributed by atoms with E-state index in [1.54, 1.807) is 6.92 Å². The molecule has 0 saturated heterocycles. The number of hydrogen-bond acceptors (Lipinski definition) is 7. The first-order valence-corrected chi connectivity index (χ1v) is 5.79. The lowest BCUT2D eigenvalue weighted by atomic mass is 10.2. The molecule has 0 amide bonds. The highest BCUT2D eigenvalue weighted by Crippen LogP contribution is 2.17. The fourth-order valence-corrected chi connectivity index (χ4v) is 1.81. The van der Waals surface area contributed by atoms with Gasteiger partial charge in [-0.2, -0.15) is 9.36 Å². The lowest BCUT2D eigenvalue weighted by Crippen LogP contribution is -1.99. The van der Waals surface area contributed by atoms with E-state index in [4.69, 9.17) is 4.52 Å². The molecule has 0 radical (unpaired) electrons. The molecule has 6 nitrogen and oxygen atoms in total. The first-order valence-electron chi connectivity index (χ1n) is 5.02. The molecule has 0 aliphatic carbocycles. The van der Waals surface area contributed by atoms with Gasteiger partial charge in [-0.25, -0.2) is 4.98 Å². The van der Waals surface area contributed by atoms with Gasteiger partial charge < -0.3 is 9.84 Å². The summed E-state index contributed by atoms with van der Waals surface area (Å²) in [5.41, 5.74) is 0. The maximum Gasteiger partial charge on any atom is 0.246 e. The van der Waals surface area contributed by atoms with Gasteiger partial charge in [0.15, 0.2) is 5.82 Å². The first kappa shape index (κ1) is 11.0. The monoisotopic (exact) mass is 239 g/mol. The van der Waals surface area contributed by atoms with Gasteiger partial charge in [-0.1, -0.05) is 19.0 Å². The molecule has 0 saturated carbocycles. The predicted octanol–water partition coefficient (Wildman–Crippen LogP) is 1.97. The van der Waals surface area contributed by atoms with E-state index in [9.17, 15) is 0 Å². The molecule has 2 rings (SSSR count). The van der Waals surface area contributed by atoms with Crippen LogP contribution in [0.15, 0.2) is 4.52 Å². The fourth-order valence-electron chi connectivity index (χ4n) is 1.10. The Labute approximate surface area is 97.3 Å². The SMILES string of the molecule is Cc1noc(CNc2nc(C(C)C)ns2)n1. The second-order valence-electron chi connectivity index (χ2n) is 3.70. The van der Waals surface area contributed by atoms with Crippen LogP contribution in [0.2, 0.25) is 0 Å². The van der Waals surface area contributed by atoms with Crippen molar-refractivity contribution in [1.29, 1.82) is 0 Å². The van der Waals surface area contributed by atoms with Crippen molar-refractivity contribution >= 4 is 16.7 Å². The molecule has 7 heteroatoms. The molecule has 0 aliphatic rings. The van der Waals surface area contributed by atoms with E-state index >= 15 is 0 Å². The summed E-state index contributed by atoms with van der Waals surface area (Å²) in [5.74, 6) is 2.39. The molecule has 2 aromatic heterocycles. The van der Waals surface area contributed by atoms with Crippen LogP contribution in [0.25, 0.3) is 0 Å². The normalized spacial score (nSPS) is 11.0. The van der Waals surface area contributed by atoms with Crippen LogP contribution in [0.3, 0.4) is 0 Å². The number of rotatable bonds is 4. The Kier molecular flexibility index (Phi) is 3.14. The van der Waals surface area contributed by atoms with Gasteiger partial charge >= 0.3 is 0 Å².